The van der Waals surface area contributed by atoms with E-state index in [9.17, 15) is 5.11 Å². The third kappa shape index (κ3) is 5.11. The van der Waals surface area contributed by atoms with Crippen molar-refractivity contribution in [2.75, 3.05) is 19.7 Å². The summed E-state index contributed by atoms with van der Waals surface area (Å²) in [4.78, 5) is 0. The smallest absolute Gasteiger partial charge is 0.119 e. The molecule has 0 bridgehead atoms. The maximum Gasteiger partial charge on any atom is 0.119 e. The van der Waals surface area contributed by atoms with Crippen LogP contribution in [0.3, 0.4) is 0 Å². The largest absolute Gasteiger partial charge is 0.491 e. The van der Waals surface area contributed by atoms with Gasteiger partial charge in [0.1, 0.15) is 18.5 Å². The normalized spacial score (nSPS) is 12.3. The number of hydrogen-bond donors (Lipinski definition) is 2. The summed E-state index contributed by atoms with van der Waals surface area (Å²) in [7, 11) is 0. The fraction of sp³-hybridized carbons (Fsp3) is 0.357. The maximum atomic E-state index is 9.76. The van der Waals surface area contributed by atoms with Gasteiger partial charge in [0.25, 0.3) is 0 Å². The van der Waals surface area contributed by atoms with Gasteiger partial charge in [-0.15, -0.1) is 0 Å². The Bertz CT molecular complexity index is 445. The predicted molar refractivity (Wildman–Crippen MR) is 73.0 cm³/mol. The lowest BCUT2D eigenvalue weighted by Crippen LogP contribution is -2.33. The minimum absolute atomic E-state index is 0.290. The molecule has 0 aliphatic heterocycles. The molecule has 1 aromatic heterocycles. The fourth-order valence-electron chi connectivity index (χ4n) is 1.66. The molecule has 0 aliphatic rings. The highest BCUT2D eigenvalue weighted by Crippen LogP contribution is 2.08. The molecule has 2 aromatic rings. The van der Waals surface area contributed by atoms with Crippen molar-refractivity contribution < 1.29 is 9.84 Å². The van der Waals surface area contributed by atoms with E-state index in [0.717, 1.165) is 18.8 Å². The number of para-hydroxylation sites is 1. The van der Waals surface area contributed by atoms with Crippen LogP contribution in [0.15, 0.2) is 48.8 Å². The fourth-order valence-corrected chi connectivity index (χ4v) is 1.66. The number of nitrogens with one attached hydrogen (secondary N) is 1. The molecule has 1 aromatic carbocycles. The van der Waals surface area contributed by atoms with E-state index in [0.29, 0.717) is 13.2 Å². The van der Waals surface area contributed by atoms with Gasteiger partial charge in [-0.05, 0) is 18.2 Å². The van der Waals surface area contributed by atoms with Crippen molar-refractivity contribution in [3.8, 4) is 5.75 Å². The van der Waals surface area contributed by atoms with Crippen LogP contribution in [0.1, 0.15) is 0 Å². The number of ether oxygens (including phenoxy) is 1. The lowest BCUT2D eigenvalue weighted by atomic mass is 10.3. The van der Waals surface area contributed by atoms with Crippen molar-refractivity contribution in [3.05, 3.63) is 48.8 Å². The molecule has 102 valence electrons. The first-order chi connectivity index (χ1) is 9.34. The molecule has 1 unspecified atom stereocenters. The lowest BCUT2D eigenvalue weighted by Gasteiger charge is -2.13. The summed E-state index contributed by atoms with van der Waals surface area (Å²) >= 11 is 0. The average Bonchev–Trinajstić information content (AvgIpc) is 2.96. The van der Waals surface area contributed by atoms with Crippen molar-refractivity contribution >= 4 is 0 Å². The summed E-state index contributed by atoms with van der Waals surface area (Å²) in [5, 5.41) is 17.0. The van der Waals surface area contributed by atoms with Crippen LogP contribution in [-0.4, -0.2) is 40.7 Å². The number of aromatic nitrogens is 2. The number of aliphatic hydroxyl groups is 1. The molecule has 5 nitrogen and oxygen atoms in total. The van der Waals surface area contributed by atoms with Gasteiger partial charge in [0.05, 0.1) is 6.54 Å². The Hall–Kier alpha value is -1.85. The molecule has 0 radical (unpaired) electrons. The summed E-state index contributed by atoms with van der Waals surface area (Å²) in [5.74, 6) is 0.776. The van der Waals surface area contributed by atoms with E-state index >= 15 is 0 Å². The number of hydrogen-bond acceptors (Lipinski definition) is 4. The van der Waals surface area contributed by atoms with Crippen molar-refractivity contribution in [2.45, 2.75) is 12.6 Å². The number of nitrogens with zero attached hydrogens (tertiary/aromatic N) is 2. The van der Waals surface area contributed by atoms with Gasteiger partial charge in [0, 0.05) is 25.5 Å². The van der Waals surface area contributed by atoms with Gasteiger partial charge in [-0.3, -0.25) is 4.68 Å². The molecule has 19 heavy (non-hydrogen) atoms. The third-order valence-corrected chi connectivity index (χ3v) is 2.64. The highest BCUT2D eigenvalue weighted by Gasteiger charge is 2.04. The Morgan fingerprint density at radius 2 is 2.11 bits per heavy atom. The highest BCUT2D eigenvalue weighted by molar-refractivity contribution is 5.20. The van der Waals surface area contributed by atoms with E-state index < -0.39 is 6.10 Å². The first kappa shape index (κ1) is 13.6. The van der Waals surface area contributed by atoms with Crippen LogP contribution in [0.5, 0.6) is 5.75 Å². The molecule has 0 saturated carbocycles. The first-order valence-corrected chi connectivity index (χ1v) is 6.38. The van der Waals surface area contributed by atoms with Crippen LogP contribution in [-0.2, 0) is 6.54 Å². The van der Waals surface area contributed by atoms with Gasteiger partial charge in [0.15, 0.2) is 0 Å². The minimum Gasteiger partial charge on any atom is -0.491 e. The van der Waals surface area contributed by atoms with Gasteiger partial charge in [0.2, 0.25) is 0 Å². The Morgan fingerprint density at radius 1 is 1.26 bits per heavy atom. The highest BCUT2D eigenvalue weighted by atomic mass is 16.5. The molecule has 0 aliphatic carbocycles. The summed E-state index contributed by atoms with van der Waals surface area (Å²) in [6.07, 6.45) is 3.15. The average molecular weight is 261 g/mol. The van der Waals surface area contributed by atoms with Crippen molar-refractivity contribution in [3.63, 3.8) is 0 Å². The second kappa shape index (κ2) is 7.56. The molecule has 2 rings (SSSR count). The second-order valence-corrected chi connectivity index (χ2v) is 4.25. The van der Waals surface area contributed by atoms with Gasteiger partial charge < -0.3 is 15.2 Å². The van der Waals surface area contributed by atoms with Crippen molar-refractivity contribution in [1.82, 2.24) is 15.1 Å². The van der Waals surface area contributed by atoms with Crippen molar-refractivity contribution in [2.24, 2.45) is 0 Å². The van der Waals surface area contributed by atoms with E-state index in [1.807, 2.05) is 47.3 Å². The SMILES string of the molecule is OC(CNCCn1cccn1)COc1ccccc1. The zero-order valence-electron chi connectivity index (χ0n) is 10.8. The summed E-state index contributed by atoms with van der Waals surface area (Å²) in [6, 6.07) is 11.4. The zero-order valence-corrected chi connectivity index (χ0v) is 10.8. The van der Waals surface area contributed by atoms with Crippen LogP contribution < -0.4 is 10.1 Å². The van der Waals surface area contributed by atoms with Crippen LogP contribution in [0.25, 0.3) is 0 Å². The monoisotopic (exact) mass is 261 g/mol. The Labute approximate surface area is 112 Å². The summed E-state index contributed by atoms with van der Waals surface area (Å²) in [6.45, 7) is 2.36. The number of benzene rings is 1. The molecule has 0 amide bonds. The number of rotatable bonds is 8. The van der Waals surface area contributed by atoms with E-state index in [2.05, 4.69) is 10.4 Å². The molecule has 1 atom stereocenters. The summed E-state index contributed by atoms with van der Waals surface area (Å²) in [5.41, 5.74) is 0. The van der Waals surface area contributed by atoms with E-state index in [1.54, 1.807) is 6.20 Å². The number of aliphatic hydroxyl groups excluding tert-OH is 1. The standard InChI is InChI=1S/C14H19N3O2/c18-13(12-19-14-5-2-1-3-6-14)11-15-8-10-17-9-4-7-16-17/h1-7,9,13,15,18H,8,10-12H2. The third-order valence-electron chi connectivity index (χ3n) is 2.64. The van der Waals surface area contributed by atoms with Gasteiger partial charge in [-0.2, -0.15) is 5.10 Å². The zero-order chi connectivity index (χ0) is 13.3. The lowest BCUT2D eigenvalue weighted by molar-refractivity contribution is 0.106. The van der Waals surface area contributed by atoms with Gasteiger partial charge >= 0.3 is 0 Å². The van der Waals surface area contributed by atoms with E-state index in [-0.39, 0.29) is 0 Å². The van der Waals surface area contributed by atoms with E-state index in [1.165, 1.54) is 0 Å². The van der Waals surface area contributed by atoms with Gasteiger partial charge in [-0.25, -0.2) is 0 Å². The molecular formula is C14H19N3O2. The Morgan fingerprint density at radius 3 is 2.84 bits per heavy atom. The molecule has 0 spiro atoms. The van der Waals surface area contributed by atoms with Crippen LogP contribution in [0.2, 0.25) is 0 Å². The van der Waals surface area contributed by atoms with Gasteiger partial charge in [-0.1, -0.05) is 18.2 Å². The van der Waals surface area contributed by atoms with Crippen LogP contribution >= 0.6 is 0 Å². The Kier molecular flexibility index (Phi) is 5.40. The maximum absolute atomic E-state index is 9.76. The Balaban J connectivity index is 1.56. The van der Waals surface area contributed by atoms with Crippen LogP contribution in [0.4, 0.5) is 0 Å². The van der Waals surface area contributed by atoms with Crippen LogP contribution in [0, 0.1) is 0 Å². The molecule has 2 N–H and O–H groups in total. The van der Waals surface area contributed by atoms with Crippen molar-refractivity contribution in [1.29, 1.82) is 0 Å². The predicted octanol–water partition coefficient (Wildman–Crippen LogP) is 0.913. The molecule has 0 fully saturated rings. The molecular weight excluding hydrogens is 242 g/mol. The quantitative estimate of drug-likeness (QED) is 0.694. The van der Waals surface area contributed by atoms with E-state index in [4.69, 9.17) is 4.74 Å². The topological polar surface area (TPSA) is 59.3 Å². The minimum atomic E-state index is -0.516. The molecule has 5 heteroatoms. The molecule has 0 saturated heterocycles. The second-order valence-electron chi connectivity index (χ2n) is 4.25. The molecule has 1 heterocycles. The first-order valence-electron chi connectivity index (χ1n) is 6.38. The summed E-state index contributed by atoms with van der Waals surface area (Å²) < 4.78 is 7.31.